The number of hydrogen-bond acceptors (Lipinski definition) is 2. The zero-order valence-electron chi connectivity index (χ0n) is 9.32. The van der Waals surface area contributed by atoms with E-state index in [1.165, 1.54) is 24.5 Å². The maximum absolute atomic E-state index is 8.44. The summed E-state index contributed by atoms with van der Waals surface area (Å²) in [7, 11) is 0. The molecule has 0 amide bonds. The quantitative estimate of drug-likeness (QED) is 0.765. The molecule has 0 atom stereocenters. The van der Waals surface area contributed by atoms with Crippen molar-refractivity contribution in [1.29, 1.82) is 5.26 Å². The van der Waals surface area contributed by atoms with E-state index in [-0.39, 0.29) is 0 Å². The largest absolute Gasteiger partial charge is 0.317 e. The summed E-state index contributed by atoms with van der Waals surface area (Å²) in [4.78, 5) is 0. The Hall–Kier alpha value is -1.59. The lowest BCUT2D eigenvalue weighted by Gasteiger charge is -2.22. The number of piperidine rings is 1. The van der Waals surface area contributed by atoms with Gasteiger partial charge in [0.05, 0.1) is 6.07 Å². The Kier molecular flexibility index (Phi) is 3.74. The Labute approximate surface area is 96.6 Å². The van der Waals surface area contributed by atoms with Gasteiger partial charge in [-0.15, -0.1) is 0 Å². The molecule has 1 fully saturated rings. The number of nitrogens with one attached hydrogen (secondary N) is 1. The molecule has 1 aromatic carbocycles. The fourth-order valence-electron chi connectivity index (χ4n) is 2.17. The van der Waals surface area contributed by atoms with Gasteiger partial charge in [0, 0.05) is 6.08 Å². The monoisotopic (exact) mass is 212 g/mol. The summed E-state index contributed by atoms with van der Waals surface area (Å²) in [5, 5.41) is 11.8. The van der Waals surface area contributed by atoms with Crippen molar-refractivity contribution in [2.45, 2.75) is 18.8 Å². The van der Waals surface area contributed by atoms with Crippen molar-refractivity contribution in [3.8, 4) is 6.07 Å². The number of allylic oxidation sites excluding steroid dienone is 1. The van der Waals surface area contributed by atoms with Gasteiger partial charge in [0.25, 0.3) is 0 Å². The van der Waals surface area contributed by atoms with Crippen LogP contribution in [0.15, 0.2) is 30.3 Å². The SMILES string of the molecule is N#CC=Cc1ccc(C2CCNCC2)cc1. The third-order valence-electron chi connectivity index (χ3n) is 3.10. The van der Waals surface area contributed by atoms with Gasteiger partial charge < -0.3 is 5.32 Å². The second-order valence-electron chi connectivity index (χ2n) is 4.15. The predicted molar refractivity (Wildman–Crippen MR) is 65.9 cm³/mol. The lowest BCUT2D eigenvalue weighted by atomic mass is 9.90. The molecule has 0 radical (unpaired) electrons. The molecule has 1 aliphatic rings. The Balaban J connectivity index is 2.06. The van der Waals surface area contributed by atoms with Gasteiger partial charge in [-0.1, -0.05) is 24.3 Å². The Morgan fingerprint density at radius 1 is 1.19 bits per heavy atom. The Bertz CT molecular complexity index is 392. The molecule has 0 saturated carbocycles. The first-order valence-electron chi connectivity index (χ1n) is 5.77. The number of benzene rings is 1. The maximum atomic E-state index is 8.44. The molecule has 0 bridgehead atoms. The van der Waals surface area contributed by atoms with E-state index in [1.807, 2.05) is 12.1 Å². The van der Waals surface area contributed by atoms with Crippen molar-refractivity contribution in [2.24, 2.45) is 0 Å². The number of hydrogen-bond donors (Lipinski definition) is 1. The molecule has 2 nitrogen and oxygen atoms in total. The summed E-state index contributed by atoms with van der Waals surface area (Å²) in [6.45, 7) is 2.25. The summed E-state index contributed by atoms with van der Waals surface area (Å²) in [6.07, 6.45) is 5.81. The molecule has 1 aliphatic heterocycles. The smallest absolute Gasteiger partial charge is 0.0912 e. The maximum Gasteiger partial charge on any atom is 0.0912 e. The normalized spacial score (nSPS) is 17.4. The minimum Gasteiger partial charge on any atom is -0.317 e. The summed E-state index contributed by atoms with van der Waals surface area (Å²) >= 11 is 0. The molecular weight excluding hydrogens is 196 g/mol. The van der Waals surface area contributed by atoms with Crippen LogP contribution in [0.4, 0.5) is 0 Å². The van der Waals surface area contributed by atoms with Crippen molar-refractivity contribution in [2.75, 3.05) is 13.1 Å². The first-order chi connectivity index (χ1) is 7.90. The van der Waals surface area contributed by atoms with Crippen LogP contribution in [0.1, 0.15) is 29.9 Å². The third kappa shape index (κ3) is 2.71. The molecule has 1 N–H and O–H groups in total. The zero-order chi connectivity index (χ0) is 11.2. The van der Waals surface area contributed by atoms with Crippen LogP contribution in [0.25, 0.3) is 6.08 Å². The molecule has 1 aromatic rings. The highest BCUT2D eigenvalue weighted by Crippen LogP contribution is 2.25. The molecule has 2 heteroatoms. The first kappa shape index (κ1) is 10.9. The van der Waals surface area contributed by atoms with Crippen molar-refractivity contribution >= 4 is 6.08 Å². The second kappa shape index (κ2) is 5.48. The number of nitriles is 1. The van der Waals surface area contributed by atoms with E-state index in [0.29, 0.717) is 5.92 Å². The van der Waals surface area contributed by atoms with Crippen molar-refractivity contribution in [3.63, 3.8) is 0 Å². The lowest BCUT2D eigenvalue weighted by molar-refractivity contribution is 0.460. The zero-order valence-corrected chi connectivity index (χ0v) is 9.32. The van der Waals surface area contributed by atoms with Gasteiger partial charge in [-0.3, -0.25) is 0 Å². The molecule has 0 unspecified atom stereocenters. The second-order valence-corrected chi connectivity index (χ2v) is 4.15. The van der Waals surface area contributed by atoms with Gasteiger partial charge in [0.15, 0.2) is 0 Å². The summed E-state index contributed by atoms with van der Waals surface area (Å²) in [5.41, 5.74) is 2.52. The molecule has 0 aliphatic carbocycles. The van der Waals surface area contributed by atoms with E-state index < -0.39 is 0 Å². The van der Waals surface area contributed by atoms with Gasteiger partial charge in [-0.05, 0) is 49.1 Å². The summed E-state index contributed by atoms with van der Waals surface area (Å²) in [5.74, 6) is 0.704. The standard InChI is InChI=1S/C14H16N2/c15-9-1-2-12-3-5-13(6-4-12)14-7-10-16-11-8-14/h1-6,14,16H,7-8,10-11H2. The fraction of sp³-hybridized carbons (Fsp3) is 0.357. The average molecular weight is 212 g/mol. The molecule has 1 saturated heterocycles. The lowest BCUT2D eigenvalue weighted by Crippen LogP contribution is -2.26. The van der Waals surface area contributed by atoms with E-state index in [1.54, 1.807) is 0 Å². The van der Waals surface area contributed by atoms with Gasteiger partial charge in [-0.25, -0.2) is 0 Å². The highest BCUT2D eigenvalue weighted by atomic mass is 14.9. The van der Waals surface area contributed by atoms with Gasteiger partial charge in [0.1, 0.15) is 0 Å². The van der Waals surface area contributed by atoms with E-state index in [0.717, 1.165) is 18.7 Å². The van der Waals surface area contributed by atoms with Crippen LogP contribution in [0.5, 0.6) is 0 Å². The van der Waals surface area contributed by atoms with E-state index in [2.05, 4.69) is 29.6 Å². The highest BCUT2D eigenvalue weighted by Gasteiger charge is 2.14. The Morgan fingerprint density at radius 3 is 2.50 bits per heavy atom. The van der Waals surface area contributed by atoms with E-state index in [9.17, 15) is 0 Å². The molecule has 0 spiro atoms. The molecular formula is C14H16N2. The number of nitrogens with zero attached hydrogens (tertiary/aromatic N) is 1. The minimum atomic E-state index is 0.704. The minimum absolute atomic E-state index is 0.704. The first-order valence-corrected chi connectivity index (χ1v) is 5.77. The van der Waals surface area contributed by atoms with Crippen molar-refractivity contribution < 1.29 is 0 Å². The van der Waals surface area contributed by atoms with Crippen LogP contribution in [-0.4, -0.2) is 13.1 Å². The van der Waals surface area contributed by atoms with Crippen LogP contribution in [0.3, 0.4) is 0 Å². The topological polar surface area (TPSA) is 35.8 Å². The van der Waals surface area contributed by atoms with E-state index >= 15 is 0 Å². The van der Waals surface area contributed by atoms with Gasteiger partial charge >= 0.3 is 0 Å². The molecule has 2 rings (SSSR count). The fourth-order valence-corrected chi connectivity index (χ4v) is 2.17. The van der Waals surface area contributed by atoms with Crippen LogP contribution < -0.4 is 5.32 Å². The molecule has 0 aromatic heterocycles. The predicted octanol–water partition coefficient (Wildman–Crippen LogP) is 2.69. The van der Waals surface area contributed by atoms with Crippen LogP contribution >= 0.6 is 0 Å². The summed E-state index contributed by atoms with van der Waals surface area (Å²) < 4.78 is 0. The van der Waals surface area contributed by atoms with Gasteiger partial charge in [0.2, 0.25) is 0 Å². The van der Waals surface area contributed by atoms with Gasteiger partial charge in [-0.2, -0.15) is 5.26 Å². The molecule has 1 heterocycles. The van der Waals surface area contributed by atoms with Crippen LogP contribution in [0, 0.1) is 11.3 Å². The third-order valence-corrected chi connectivity index (χ3v) is 3.10. The van der Waals surface area contributed by atoms with Crippen LogP contribution in [0.2, 0.25) is 0 Å². The Morgan fingerprint density at radius 2 is 1.88 bits per heavy atom. The molecule has 16 heavy (non-hydrogen) atoms. The van der Waals surface area contributed by atoms with Crippen LogP contribution in [-0.2, 0) is 0 Å². The summed E-state index contributed by atoms with van der Waals surface area (Å²) in [6, 6.07) is 10.6. The number of rotatable bonds is 2. The van der Waals surface area contributed by atoms with E-state index in [4.69, 9.17) is 5.26 Å². The average Bonchev–Trinajstić information content (AvgIpc) is 2.38. The van der Waals surface area contributed by atoms with Crippen molar-refractivity contribution in [1.82, 2.24) is 5.32 Å². The highest BCUT2D eigenvalue weighted by molar-refractivity contribution is 5.52. The molecule has 82 valence electrons. The van der Waals surface area contributed by atoms with Crippen molar-refractivity contribution in [3.05, 3.63) is 41.5 Å².